The number of amides is 1. The Morgan fingerprint density at radius 1 is 1.60 bits per heavy atom. The van der Waals surface area contributed by atoms with Crippen molar-refractivity contribution >= 4 is 44.8 Å². The maximum atomic E-state index is 11.3. The largest absolute Gasteiger partial charge is 0.477 e. The van der Waals surface area contributed by atoms with Crippen molar-refractivity contribution in [3.8, 4) is 0 Å². The normalized spacial score (nSPS) is 10.0. The second kappa shape index (κ2) is 5.27. The van der Waals surface area contributed by atoms with Gasteiger partial charge in [0, 0.05) is 6.42 Å². The molecule has 2 N–H and O–H groups in total. The maximum Gasteiger partial charge on any atom is 0.348 e. The fourth-order valence-electron chi connectivity index (χ4n) is 1.05. The highest BCUT2D eigenvalue weighted by Gasteiger charge is 2.15. The van der Waals surface area contributed by atoms with Gasteiger partial charge in [0.25, 0.3) is 0 Å². The van der Waals surface area contributed by atoms with Gasteiger partial charge < -0.3 is 10.4 Å². The predicted octanol–water partition coefficient (Wildman–Crippen LogP) is 2.95. The Hall–Kier alpha value is -0.880. The van der Waals surface area contributed by atoms with Crippen LogP contribution in [-0.2, 0) is 4.79 Å². The third kappa shape index (κ3) is 3.32. The molecule has 0 atom stereocenters. The number of carboxylic acid groups (broad SMARTS) is 1. The summed E-state index contributed by atoms with van der Waals surface area (Å²) in [7, 11) is 0. The first-order valence-corrected chi connectivity index (χ1v) is 5.98. The lowest BCUT2D eigenvalue weighted by molar-refractivity contribution is -0.116. The molecule has 1 amide bonds. The lowest BCUT2D eigenvalue weighted by Crippen LogP contribution is -2.12. The summed E-state index contributed by atoms with van der Waals surface area (Å²) in [6, 6.07) is 1.60. The molecule has 1 heterocycles. The molecule has 1 aromatic heterocycles. The van der Waals surface area contributed by atoms with Crippen molar-refractivity contribution in [2.24, 2.45) is 0 Å². The van der Waals surface area contributed by atoms with Gasteiger partial charge in [0.05, 0.1) is 9.47 Å². The van der Waals surface area contributed by atoms with Gasteiger partial charge in [-0.05, 0) is 28.4 Å². The summed E-state index contributed by atoms with van der Waals surface area (Å²) >= 11 is 4.27. The minimum absolute atomic E-state index is 0.145. The number of hydrogen-bond acceptors (Lipinski definition) is 3. The Morgan fingerprint density at radius 3 is 2.80 bits per heavy atom. The molecular weight excluding hydrogens is 282 g/mol. The van der Waals surface area contributed by atoms with E-state index < -0.39 is 5.97 Å². The molecule has 0 bridgehead atoms. The molecule has 82 valence electrons. The fourth-order valence-corrected chi connectivity index (χ4v) is 2.45. The maximum absolute atomic E-state index is 11.3. The minimum atomic E-state index is -1.03. The van der Waals surface area contributed by atoms with Gasteiger partial charge in [-0.1, -0.05) is 6.92 Å². The summed E-state index contributed by atoms with van der Waals surface area (Å²) < 4.78 is 0.687. The highest BCUT2D eigenvalue weighted by molar-refractivity contribution is 9.11. The van der Waals surface area contributed by atoms with Crippen LogP contribution in [0.15, 0.2) is 9.85 Å². The Labute approximate surface area is 99.4 Å². The molecule has 15 heavy (non-hydrogen) atoms. The van der Waals surface area contributed by atoms with E-state index in [-0.39, 0.29) is 10.8 Å². The van der Waals surface area contributed by atoms with Crippen molar-refractivity contribution in [3.63, 3.8) is 0 Å². The average molecular weight is 292 g/mol. The van der Waals surface area contributed by atoms with Crippen LogP contribution in [-0.4, -0.2) is 17.0 Å². The molecule has 0 radical (unpaired) electrons. The molecule has 0 aliphatic carbocycles. The van der Waals surface area contributed by atoms with Gasteiger partial charge >= 0.3 is 5.97 Å². The van der Waals surface area contributed by atoms with E-state index in [0.29, 0.717) is 15.9 Å². The van der Waals surface area contributed by atoms with Crippen LogP contribution in [0.4, 0.5) is 5.69 Å². The molecule has 0 saturated heterocycles. The van der Waals surface area contributed by atoms with Crippen molar-refractivity contribution in [3.05, 3.63) is 14.7 Å². The van der Waals surface area contributed by atoms with E-state index in [1.807, 2.05) is 6.92 Å². The van der Waals surface area contributed by atoms with Gasteiger partial charge in [-0.3, -0.25) is 4.79 Å². The summed E-state index contributed by atoms with van der Waals surface area (Å²) in [5.74, 6) is -1.19. The van der Waals surface area contributed by atoms with Crippen molar-refractivity contribution in [1.29, 1.82) is 0 Å². The lowest BCUT2D eigenvalue weighted by atomic mass is 10.3. The number of nitrogens with one attached hydrogen (secondary N) is 1. The standard InChI is InChI=1S/C9H10BrNO3S/c1-2-3-7(12)11-5-4-6(10)15-8(5)9(13)14/h4H,2-3H2,1H3,(H,11,12)(H,13,14). The van der Waals surface area contributed by atoms with Crippen LogP contribution in [0.2, 0.25) is 0 Å². The quantitative estimate of drug-likeness (QED) is 0.896. The Balaban J connectivity index is 2.84. The predicted molar refractivity (Wildman–Crippen MR) is 62.5 cm³/mol. The summed E-state index contributed by atoms with van der Waals surface area (Å²) in [5, 5.41) is 11.4. The first-order chi connectivity index (χ1) is 7.04. The monoisotopic (exact) mass is 291 g/mol. The number of aromatic carboxylic acids is 1. The van der Waals surface area contributed by atoms with E-state index in [4.69, 9.17) is 5.11 Å². The molecule has 4 nitrogen and oxygen atoms in total. The Morgan fingerprint density at radius 2 is 2.27 bits per heavy atom. The SMILES string of the molecule is CCCC(=O)Nc1cc(Br)sc1C(=O)O. The molecule has 0 aliphatic rings. The molecule has 0 spiro atoms. The van der Waals surface area contributed by atoms with Gasteiger partial charge in [-0.2, -0.15) is 0 Å². The van der Waals surface area contributed by atoms with E-state index in [1.54, 1.807) is 6.07 Å². The van der Waals surface area contributed by atoms with Gasteiger partial charge in [-0.15, -0.1) is 11.3 Å². The van der Waals surface area contributed by atoms with E-state index >= 15 is 0 Å². The van der Waals surface area contributed by atoms with Crippen LogP contribution in [0.3, 0.4) is 0 Å². The first kappa shape index (κ1) is 12.2. The molecule has 0 aliphatic heterocycles. The number of carbonyl (C=O) groups is 2. The summed E-state index contributed by atoms with van der Waals surface area (Å²) in [6.07, 6.45) is 1.13. The highest BCUT2D eigenvalue weighted by atomic mass is 79.9. The van der Waals surface area contributed by atoms with E-state index in [9.17, 15) is 9.59 Å². The van der Waals surface area contributed by atoms with Crippen LogP contribution in [0.1, 0.15) is 29.4 Å². The van der Waals surface area contributed by atoms with Crippen molar-refractivity contribution < 1.29 is 14.7 Å². The average Bonchev–Trinajstić information content (AvgIpc) is 2.47. The van der Waals surface area contributed by atoms with Crippen LogP contribution < -0.4 is 5.32 Å². The first-order valence-electron chi connectivity index (χ1n) is 4.37. The van der Waals surface area contributed by atoms with Crippen LogP contribution in [0.25, 0.3) is 0 Å². The molecule has 0 fully saturated rings. The zero-order valence-electron chi connectivity index (χ0n) is 8.04. The third-order valence-electron chi connectivity index (χ3n) is 1.65. The van der Waals surface area contributed by atoms with Gasteiger partial charge in [0.15, 0.2) is 0 Å². The van der Waals surface area contributed by atoms with Crippen LogP contribution >= 0.6 is 27.3 Å². The molecule has 0 saturated carbocycles. The molecule has 1 rings (SSSR count). The lowest BCUT2D eigenvalue weighted by Gasteiger charge is -2.02. The summed E-state index contributed by atoms with van der Waals surface area (Å²) in [6.45, 7) is 1.89. The van der Waals surface area contributed by atoms with Crippen molar-refractivity contribution in [2.75, 3.05) is 5.32 Å². The minimum Gasteiger partial charge on any atom is -0.477 e. The van der Waals surface area contributed by atoms with Crippen LogP contribution in [0, 0.1) is 0 Å². The van der Waals surface area contributed by atoms with Crippen LogP contribution in [0.5, 0.6) is 0 Å². The number of rotatable bonds is 4. The Kier molecular flexibility index (Phi) is 4.28. The molecule has 0 aromatic carbocycles. The second-order valence-corrected chi connectivity index (χ2v) is 5.33. The van der Waals surface area contributed by atoms with E-state index in [2.05, 4.69) is 21.2 Å². The highest BCUT2D eigenvalue weighted by Crippen LogP contribution is 2.31. The van der Waals surface area contributed by atoms with E-state index in [0.717, 1.165) is 17.8 Å². The molecular formula is C9H10BrNO3S. The molecule has 6 heteroatoms. The number of anilines is 1. The zero-order valence-corrected chi connectivity index (χ0v) is 10.4. The van der Waals surface area contributed by atoms with Gasteiger partial charge in [-0.25, -0.2) is 4.79 Å². The second-order valence-electron chi connectivity index (χ2n) is 2.90. The molecule has 0 unspecified atom stereocenters. The Bertz CT molecular complexity index is 389. The third-order valence-corrected chi connectivity index (χ3v) is 3.27. The summed E-state index contributed by atoms with van der Waals surface area (Å²) in [4.78, 5) is 22.2. The van der Waals surface area contributed by atoms with Gasteiger partial charge in [0.2, 0.25) is 5.91 Å². The van der Waals surface area contributed by atoms with Gasteiger partial charge in [0.1, 0.15) is 4.88 Å². The number of carboxylic acids is 1. The molecule has 1 aromatic rings. The number of halogens is 1. The number of carbonyl (C=O) groups excluding carboxylic acids is 1. The summed E-state index contributed by atoms with van der Waals surface area (Å²) in [5.41, 5.74) is 0.359. The fraction of sp³-hybridized carbons (Fsp3) is 0.333. The number of hydrogen-bond donors (Lipinski definition) is 2. The van der Waals surface area contributed by atoms with E-state index in [1.165, 1.54) is 0 Å². The topological polar surface area (TPSA) is 66.4 Å². The smallest absolute Gasteiger partial charge is 0.348 e. The zero-order chi connectivity index (χ0) is 11.4. The van der Waals surface area contributed by atoms with Crippen molar-refractivity contribution in [1.82, 2.24) is 0 Å². The van der Waals surface area contributed by atoms with Crippen molar-refractivity contribution in [2.45, 2.75) is 19.8 Å². The number of thiophene rings is 1.